The van der Waals surface area contributed by atoms with Crippen LogP contribution in [0.15, 0.2) is 5.57 Å². The van der Waals surface area contributed by atoms with Crippen molar-refractivity contribution in [2.45, 2.75) is 34.6 Å². The van der Waals surface area contributed by atoms with Gasteiger partial charge in [-0.25, -0.2) is 0 Å². The van der Waals surface area contributed by atoms with Crippen LogP contribution in [-0.4, -0.2) is 0 Å². The van der Waals surface area contributed by atoms with Crippen LogP contribution in [0.5, 0.6) is 0 Å². The van der Waals surface area contributed by atoms with Gasteiger partial charge in [0.15, 0.2) is 0 Å². The van der Waals surface area contributed by atoms with E-state index in [-0.39, 0.29) is 32.7 Å². The molecule has 51 valence electrons. The van der Waals surface area contributed by atoms with E-state index in [0.717, 1.165) is 0 Å². The second-order valence-electron chi connectivity index (χ2n) is 3.12. The minimum Gasteiger partial charge on any atom is -0.500 e. The van der Waals surface area contributed by atoms with Crippen LogP contribution in [0.3, 0.4) is 0 Å². The van der Waals surface area contributed by atoms with Gasteiger partial charge in [-0.15, -0.1) is 0 Å². The Kier molecular flexibility index (Phi) is 6.43. The van der Waals surface area contributed by atoms with Crippen LogP contribution in [0.2, 0.25) is 0 Å². The first kappa shape index (κ1) is 12.5. The van der Waals surface area contributed by atoms with E-state index in [9.17, 15) is 0 Å². The molecule has 0 amide bonds. The molecule has 0 unspecified atom stereocenters. The average molecular weight is 200 g/mol. The van der Waals surface area contributed by atoms with Crippen molar-refractivity contribution in [3.63, 3.8) is 0 Å². The van der Waals surface area contributed by atoms with Crippen LogP contribution in [0.25, 0.3) is 0 Å². The summed E-state index contributed by atoms with van der Waals surface area (Å²) in [5.41, 5.74) is 1.65. The molecule has 0 aliphatic carbocycles. The zero-order valence-corrected chi connectivity index (χ0v) is 9.92. The van der Waals surface area contributed by atoms with Crippen molar-refractivity contribution in [2.75, 3.05) is 0 Å². The summed E-state index contributed by atoms with van der Waals surface area (Å²) >= 11 is 0. The van der Waals surface area contributed by atoms with Crippen molar-refractivity contribution in [2.24, 2.45) is 5.41 Å². The molecular weight excluding hydrogens is 185 g/mol. The van der Waals surface area contributed by atoms with Gasteiger partial charge in [-0.2, -0.15) is 6.92 Å². The predicted octanol–water partition coefficient (Wildman–Crippen LogP) is 2.80. The summed E-state index contributed by atoms with van der Waals surface area (Å²) in [6.07, 6.45) is 3.12. The summed E-state index contributed by atoms with van der Waals surface area (Å²) in [5.74, 6) is 0. The average Bonchev–Trinajstić information content (AvgIpc) is 1.62. The van der Waals surface area contributed by atoms with Crippen molar-refractivity contribution < 1.29 is 32.7 Å². The largest absolute Gasteiger partial charge is 0.500 e. The zero-order chi connectivity index (χ0) is 6.78. The van der Waals surface area contributed by atoms with Crippen molar-refractivity contribution in [3.05, 3.63) is 11.6 Å². The van der Waals surface area contributed by atoms with Gasteiger partial charge in [0.25, 0.3) is 0 Å². The number of allylic oxidation sites excluding steroid dienone is 2. The van der Waals surface area contributed by atoms with Gasteiger partial charge in [0.05, 0.1) is 0 Å². The van der Waals surface area contributed by atoms with E-state index in [1.165, 1.54) is 5.57 Å². The van der Waals surface area contributed by atoms with Crippen molar-refractivity contribution >= 4 is 0 Å². The quantitative estimate of drug-likeness (QED) is 0.527. The molecular formula is C8H15Y-. The third-order valence-electron chi connectivity index (χ3n) is 1.50. The van der Waals surface area contributed by atoms with Crippen LogP contribution >= 0.6 is 0 Å². The molecule has 0 atom stereocenters. The van der Waals surface area contributed by atoms with Gasteiger partial charge >= 0.3 is 0 Å². The van der Waals surface area contributed by atoms with Gasteiger partial charge in [-0.3, -0.25) is 5.57 Å². The summed E-state index contributed by atoms with van der Waals surface area (Å²) in [7, 11) is 0. The van der Waals surface area contributed by atoms with E-state index in [1.807, 2.05) is 6.92 Å². The maximum Gasteiger partial charge on any atom is 0 e. The Balaban J connectivity index is 0. The van der Waals surface area contributed by atoms with Crippen molar-refractivity contribution in [1.82, 2.24) is 0 Å². The molecule has 0 N–H and O–H groups in total. The molecule has 0 aliphatic rings. The molecule has 0 aliphatic heterocycles. The Bertz CT molecular complexity index is 95.6. The van der Waals surface area contributed by atoms with Gasteiger partial charge < -0.3 is 6.08 Å². The molecule has 9 heavy (non-hydrogen) atoms. The fraction of sp³-hybridized carbons (Fsp3) is 0.750. The van der Waals surface area contributed by atoms with Gasteiger partial charge in [0, 0.05) is 32.7 Å². The Morgan fingerprint density at radius 1 is 1.22 bits per heavy atom. The molecule has 0 aromatic rings. The monoisotopic (exact) mass is 200 g/mol. The van der Waals surface area contributed by atoms with Gasteiger partial charge in [0.2, 0.25) is 0 Å². The van der Waals surface area contributed by atoms with Crippen molar-refractivity contribution in [3.8, 4) is 0 Å². The number of rotatable bonds is 0. The molecule has 0 aromatic carbocycles. The summed E-state index contributed by atoms with van der Waals surface area (Å²) in [6, 6.07) is 0. The minimum atomic E-state index is 0. The maximum atomic E-state index is 3.12. The first-order valence-electron chi connectivity index (χ1n) is 3.00. The molecule has 1 radical (unpaired) electrons. The molecule has 0 saturated carbocycles. The Hall–Kier alpha value is 0.844. The fourth-order valence-electron chi connectivity index (χ4n) is 0.375. The summed E-state index contributed by atoms with van der Waals surface area (Å²) < 4.78 is 0. The molecule has 0 spiro atoms. The Labute approximate surface area is 84.0 Å². The topological polar surface area (TPSA) is 0 Å². The third-order valence-corrected chi connectivity index (χ3v) is 1.50. The standard InChI is InChI=1S/C8H15.Y/c1-6-7(2)8(3,4)5;/h1-5H3;/q-1;. The molecule has 0 heterocycles. The molecule has 0 fully saturated rings. The third kappa shape index (κ3) is 5.30. The van der Waals surface area contributed by atoms with Crippen LogP contribution in [0, 0.1) is 11.5 Å². The fourth-order valence-corrected chi connectivity index (χ4v) is 0.375. The van der Waals surface area contributed by atoms with E-state index in [0.29, 0.717) is 5.41 Å². The van der Waals surface area contributed by atoms with E-state index in [2.05, 4.69) is 33.8 Å². The number of hydrogen-bond acceptors (Lipinski definition) is 0. The van der Waals surface area contributed by atoms with Crippen LogP contribution in [-0.2, 0) is 32.7 Å². The van der Waals surface area contributed by atoms with E-state index >= 15 is 0 Å². The maximum absolute atomic E-state index is 3.12. The van der Waals surface area contributed by atoms with E-state index in [4.69, 9.17) is 0 Å². The smallest absolute Gasteiger partial charge is 0 e. The molecule has 1 heteroatoms. The van der Waals surface area contributed by atoms with Crippen LogP contribution in [0.1, 0.15) is 34.6 Å². The Morgan fingerprint density at radius 3 is 1.56 bits per heavy atom. The molecule has 0 nitrogen and oxygen atoms in total. The molecule has 0 bridgehead atoms. The molecule has 0 saturated heterocycles. The van der Waals surface area contributed by atoms with E-state index in [1.54, 1.807) is 0 Å². The van der Waals surface area contributed by atoms with Gasteiger partial charge in [-0.05, 0) is 5.41 Å². The first-order valence-corrected chi connectivity index (χ1v) is 3.00. The zero-order valence-electron chi connectivity index (χ0n) is 7.08. The van der Waals surface area contributed by atoms with Crippen LogP contribution in [0.4, 0.5) is 0 Å². The molecule has 0 aromatic heterocycles. The minimum absolute atomic E-state index is 0. The van der Waals surface area contributed by atoms with Gasteiger partial charge in [-0.1, -0.05) is 27.7 Å². The number of hydrogen-bond donors (Lipinski definition) is 0. The van der Waals surface area contributed by atoms with Crippen molar-refractivity contribution in [1.29, 1.82) is 0 Å². The van der Waals surface area contributed by atoms with E-state index < -0.39 is 0 Å². The first-order chi connectivity index (χ1) is 3.48. The normalized spacial score (nSPS) is 12.8. The van der Waals surface area contributed by atoms with Crippen LogP contribution < -0.4 is 0 Å². The SMILES string of the molecule is C[C-]=C(C)C(C)(C)C.[Y]. The predicted molar refractivity (Wildman–Crippen MR) is 37.6 cm³/mol. The second-order valence-corrected chi connectivity index (χ2v) is 3.12. The molecule has 0 rings (SSSR count). The summed E-state index contributed by atoms with van der Waals surface area (Å²) in [5, 5.41) is 0. The summed E-state index contributed by atoms with van der Waals surface area (Å²) in [4.78, 5) is 0. The second kappa shape index (κ2) is 4.63. The van der Waals surface area contributed by atoms with Gasteiger partial charge in [0.1, 0.15) is 0 Å². The summed E-state index contributed by atoms with van der Waals surface area (Å²) in [6.45, 7) is 10.6. The Morgan fingerprint density at radius 2 is 1.56 bits per heavy atom.